The number of aromatic nitrogens is 2. The molecule has 3 rings (SSSR count). The van der Waals surface area contributed by atoms with Gasteiger partial charge in [0.15, 0.2) is 15.7 Å². The van der Waals surface area contributed by atoms with Crippen LogP contribution in [-0.4, -0.2) is 59.4 Å². The number of piperidine rings is 1. The van der Waals surface area contributed by atoms with Crippen LogP contribution < -0.4 is 10.6 Å². The third kappa shape index (κ3) is 6.50. The van der Waals surface area contributed by atoms with Gasteiger partial charge in [-0.1, -0.05) is 23.7 Å². The summed E-state index contributed by atoms with van der Waals surface area (Å²) in [6, 6.07) is 6.73. The number of rotatable bonds is 6. The van der Waals surface area contributed by atoms with Gasteiger partial charge in [0.05, 0.1) is 22.0 Å². The number of para-hydroxylation sites is 1. The van der Waals surface area contributed by atoms with Gasteiger partial charge >= 0.3 is 6.09 Å². The minimum atomic E-state index is -3.50. The van der Waals surface area contributed by atoms with Crippen LogP contribution in [0.5, 0.6) is 0 Å². The number of sulfone groups is 1. The second kappa shape index (κ2) is 10.4. The number of nitrogens with one attached hydrogen (secondary N) is 2. The van der Waals surface area contributed by atoms with E-state index < -0.39 is 20.7 Å². The van der Waals surface area contributed by atoms with Crippen molar-refractivity contribution >= 4 is 45.0 Å². The highest BCUT2D eigenvalue weighted by molar-refractivity contribution is 7.92. The average Bonchev–Trinajstić information content (AvgIpc) is 2.75. The largest absolute Gasteiger partial charge is 0.444 e. The van der Waals surface area contributed by atoms with E-state index in [1.165, 1.54) is 6.20 Å². The number of ether oxygens (including phenoxy) is 1. The molecule has 0 saturated carbocycles. The molecule has 1 saturated heterocycles. The van der Waals surface area contributed by atoms with Crippen molar-refractivity contribution in [3.05, 3.63) is 35.5 Å². The van der Waals surface area contributed by atoms with Crippen molar-refractivity contribution in [1.29, 1.82) is 0 Å². The molecule has 2 heterocycles. The van der Waals surface area contributed by atoms with Crippen LogP contribution in [0.1, 0.15) is 47.5 Å². The quantitative estimate of drug-likeness (QED) is 0.567. The molecular formula is C23H32ClN5O4S. The summed E-state index contributed by atoms with van der Waals surface area (Å²) in [5.41, 5.74) is -0.131. The normalized spacial score (nSPS) is 15.3. The zero-order chi connectivity index (χ0) is 25.1. The van der Waals surface area contributed by atoms with E-state index in [-0.39, 0.29) is 22.1 Å². The van der Waals surface area contributed by atoms with Crippen LogP contribution in [-0.2, 0) is 14.6 Å². The number of carbonyl (C=O) groups is 1. The van der Waals surface area contributed by atoms with Crippen LogP contribution in [0.15, 0.2) is 35.4 Å². The molecule has 1 aliphatic rings. The molecular weight excluding hydrogens is 478 g/mol. The maximum Gasteiger partial charge on any atom is 0.410 e. The predicted molar refractivity (Wildman–Crippen MR) is 134 cm³/mol. The minimum Gasteiger partial charge on any atom is -0.444 e. The summed E-state index contributed by atoms with van der Waals surface area (Å²) in [6.07, 6.45) is 2.58. The molecule has 0 aliphatic carbocycles. The Labute approximate surface area is 206 Å². The highest BCUT2D eigenvalue weighted by Gasteiger charge is 2.27. The number of carbonyl (C=O) groups excluding carboxylic acids is 1. The van der Waals surface area contributed by atoms with Crippen LogP contribution in [0.3, 0.4) is 0 Å². The molecule has 1 fully saturated rings. The zero-order valence-corrected chi connectivity index (χ0v) is 21.7. The molecule has 34 heavy (non-hydrogen) atoms. The number of nitrogens with zero attached hydrogens (tertiary/aromatic N) is 3. The van der Waals surface area contributed by atoms with Crippen molar-refractivity contribution in [1.82, 2.24) is 14.9 Å². The Hall–Kier alpha value is -2.59. The molecule has 1 amide bonds. The number of hydrogen-bond donors (Lipinski definition) is 2. The molecule has 0 atom stereocenters. The van der Waals surface area contributed by atoms with Gasteiger partial charge in [-0.25, -0.2) is 18.2 Å². The van der Waals surface area contributed by atoms with E-state index >= 15 is 0 Å². The number of likely N-dealkylation sites (tertiary alicyclic amines) is 1. The zero-order valence-electron chi connectivity index (χ0n) is 20.1. The summed E-state index contributed by atoms with van der Waals surface area (Å²) in [5.74, 6) is 0.670. The lowest BCUT2D eigenvalue weighted by molar-refractivity contribution is 0.0210. The fraction of sp³-hybridized carbons (Fsp3) is 0.522. The lowest BCUT2D eigenvalue weighted by Gasteiger charge is -2.33. The fourth-order valence-corrected chi connectivity index (χ4v) is 4.78. The molecule has 0 bridgehead atoms. The average molecular weight is 510 g/mol. The van der Waals surface area contributed by atoms with E-state index in [9.17, 15) is 13.2 Å². The lowest BCUT2D eigenvalue weighted by atomic mass is 10.1. The van der Waals surface area contributed by atoms with Crippen molar-refractivity contribution in [3.63, 3.8) is 0 Å². The van der Waals surface area contributed by atoms with Gasteiger partial charge in [-0.2, -0.15) is 4.98 Å². The smallest absolute Gasteiger partial charge is 0.410 e. The number of amides is 1. The number of benzene rings is 1. The maximum atomic E-state index is 12.8. The van der Waals surface area contributed by atoms with Crippen molar-refractivity contribution in [3.8, 4) is 0 Å². The van der Waals surface area contributed by atoms with Crippen LogP contribution in [0.25, 0.3) is 0 Å². The first kappa shape index (κ1) is 26.0. The molecule has 1 aromatic heterocycles. The molecule has 1 aliphatic heterocycles. The SMILES string of the molecule is CC(C)S(=O)(=O)c1ccccc1Nc1nc(NC2CCN(C(=O)OC(C)(C)C)CC2)ncc1Cl. The number of halogens is 1. The molecule has 0 spiro atoms. The van der Waals surface area contributed by atoms with Crippen molar-refractivity contribution in [2.75, 3.05) is 23.7 Å². The fourth-order valence-electron chi connectivity index (χ4n) is 3.44. The summed E-state index contributed by atoms with van der Waals surface area (Å²) >= 11 is 6.30. The molecule has 2 aromatic rings. The van der Waals surface area contributed by atoms with E-state index in [0.29, 0.717) is 43.4 Å². The second-order valence-corrected chi connectivity index (χ2v) is 12.4. The Morgan fingerprint density at radius 1 is 1.21 bits per heavy atom. The molecule has 2 N–H and O–H groups in total. The lowest BCUT2D eigenvalue weighted by Crippen LogP contribution is -2.44. The highest BCUT2D eigenvalue weighted by Crippen LogP contribution is 2.30. The summed E-state index contributed by atoms with van der Waals surface area (Å²) in [5, 5.41) is 6.04. The Balaban J connectivity index is 1.69. The van der Waals surface area contributed by atoms with Gasteiger partial charge in [-0.3, -0.25) is 0 Å². The molecule has 1 aromatic carbocycles. The number of hydrogen-bond acceptors (Lipinski definition) is 8. The monoisotopic (exact) mass is 509 g/mol. The standard InChI is InChI=1S/C23H32ClN5O4S/c1-15(2)34(31,32)19-9-7-6-8-18(19)27-20-17(24)14-25-21(28-20)26-16-10-12-29(13-11-16)22(30)33-23(3,4)5/h6-9,14-16H,10-13H2,1-5H3,(H2,25,26,27,28). The Bertz CT molecular complexity index is 1130. The van der Waals surface area contributed by atoms with Gasteiger partial charge in [0, 0.05) is 19.1 Å². The second-order valence-electron chi connectivity index (χ2n) is 9.49. The highest BCUT2D eigenvalue weighted by atomic mass is 35.5. The van der Waals surface area contributed by atoms with Gasteiger partial charge in [-0.05, 0) is 59.6 Å². The summed E-state index contributed by atoms with van der Waals surface area (Å²) in [7, 11) is -3.50. The van der Waals surface area contributed by atoms with Crippen molar-refractivity contribution < 1.29 is 17.9 Å². The summed E-state index contributed by atoms with van der Waals surface area (Å²) in [4.78, 5) is 22.9. The van der Waals surface area contributed by atoms with Crippen molar-refractivity contribution in [2.45, 2.75) is 69.2 Å². The van der Waals surface area contributed by atoms with E-state index in [2.05, 4.69) is 20.6 Å². The van der Waals surface area contributed by atoms with E-state index in [4.69, 9.17) is 16.3 Å². The van der Waals surface area contributed by atoms with Gasteiger partial charge in [0.2, 0.25) is 5.95 Å². The third-order valence-corrected chi connectivity index (χ3v) is 7.78. The Morgan fingerprint density at radius 3 is 2.47 bits per heavy atom. The summed E-state index contributed by atoms with van der Waals surface area (Å²) < 4.78 is 30.9. The first-order chi connectivity index (χ1) is 15.9. The Morgan fingerprint density at radius 2 is 1.85 bits per heavy atom. The van der Waals surface area contributed by atoms with E-state index in [1.807, 2.05) is 20.8 Å². The van der Waals surface area contributed by atoms with Gasteiger partial charge in [0.25, 0.3) is 0 Å². The van der Waals surface area contributed by atoms with Crippen LogP contribution >= 0.6 is 11.6 Å². The van der Waals surface area contributed by atoms with E-state index in [1.54, 1.807) is 43.0 Å². The summed E-state index contributed by atoms with van der Waals surface area (Å²) in [6.45, 7) is 9.94. The van der Waals surface area contributed by atoms with Gasteiger partial charge < -0.3 is 20.3 Å². The Kier molecular flexibility index (Phi) is 7.92. The van der Waals surface area contributed by atoms with Crippen LogP contribution in [0, 0.1) is 0 Å². The first-order valence-electron chi connectivity index (χ1n) is 11.2. The topological polar surface area (TPSA) is 114 Å². The van der Waals surface area contributed by atoms with E-state index in [0.717, 1.165) is 0 Å². The van der Waals surface area contributed by atoms with Crippen LogP contribution in [0.4, 0.5) is 22.2 Å². The third-order valence-electron chi connectivity index (χ3n) is 5.29. The first-order valence-corrected chi connectivity index (χ1v) is 13.2. The van der Waals surface area contributed by atoms with Crippen molar-refractivity contribution in [2.24, 2.45) is 0 Å². The maximum absolute atomic E-state index is 12.8. The van der Waals surface area contributed by atoms with Crippen LogP contribution in [0.2, 0.25) is 5.02 Å². The predicted octanol–water partition coefficient (Wildman–Crippen LogP) is 4.87. The molecule has 11 heteroatoms. The molecule has 0 radical (unpaired) electrons. The molecule has 9 nitrogen and oxygen atoms in total. The van der Waals surface area contributed by atoms with Gasteiger partial charge in [0.1, 0.15) is 10.6 Å². The molecule has 186 valence electrons. The molecule has 0 unspecified atom stereocenters. The number of anilines is 3. The van der Waals surface area contributed by atoms with Gasteiger partial charge in [-0.15, -0.1) is 0 Å². The minimum absolute atomic E-state index is 0.0707.